The monoisotopic (exact) mass is 311 g/mol. The van der Waals surface area contributed by atoms with Gasteiger partial charge in [0.25, 0.3) is 0 Å². The Morgan fingerprint density at radius 3 is 2.81 bits per heavy atom. The minimum absolute atomic E-state index is 0.256. The highest BCUT2D eigenvalue weighted by Crippen LogP contribution is 2.25. The molecule has 1 atom stereocenters. The fraction of sp³-hybridized carbons (Fsp3) is 0.429. The Labute approximate surface area is 128 Å². The second kappa shape index (κ2) is 6.98. The first-order chi connectivity index (χ1) is 10.0. The number of aromatic nitrogens is 3. The molecule has 0 aliphatic carbocycles. The molecule has 0 saturated carbocycles. The van der Waals surface area contributed by atoms with Gasteiger partial charge in [-0.15, -0.1) is 0 Å². The van der Waals surface area contributed by atoms with Crippen LogP contribution in [0.3, 0.4) is 0 Å². The van der Waals surface area contributed by atoms with E-state index >= 15 is 0 Å². The van der Waals surface area contributed by atoms with Crippen LogP contribution < -0.4 is 11.3 Å². The van der Waals surface area contributed by atoms with Crippen molar-refractivity contribution in [3.05, 3.63) is 46.8 Å². The molecule has 0 amide bonds. The van der Waals surface area contributed by atoms with Crippen LogP contribution >= 0.6 is 11.6 Å². The highest BCUT2D eigenvalue weighted by Gasteiger charge is 2.18. The Kier molecular flexibility index (Phi) is 5.27. The lowest BCUT2D eigenvalue weighted by molar-refractivity contribution is 0.446. The minimum atomic E-state index is -0.373. The third-order valence-electron chi connectivity index (χ3n) is 3.16. The maximum absolute atomic E-state index is 13.1. The average molecular weight is 312 g/mol. The Bertz CT molecular complexity index is 599. The molecule has 21 heavy (non-hydrogen) atoms. The highest BCUT2D eigenvalue weighted by atomic mass is 35.5. The number of benzene rings is 1. The Hall–Kier alpha value is -1.50. The quantitative estimate of drug-likeness (QED) is 0.635. The van der Waals surface area contributed by atoms with Crippen LogP contribution in [-0.2, 0) is 13.0 Å². The fourth-order valence-electron chi connectivity index (χ4n) is 2.17. The maximum Gasteiger partial charge on any atom is 0.138 e. The number of halogens is 2. The highest BCUT2D eigenvalue weighted by molar-refractivity contribution is 6.31. The first-order valence-electron chi connectivity index (χ1n) is 6.79. The van der Waals surface area contributed by atoms with E-state index in [-0.39, 0.29) is 11.9 Å². The summed E-state index contributed by atoms with van der Waals surface area (Å²) in [6, 6.07) is 4.02. The van der Waals surface area contributed by atoms with E-state index < -0.39 is 0 Å². The average Bonchev–Trinajstić information content (AvgIpc) is 2.83. The fourth-order valence-corrected chi connectivity index (χ4v) is 2.47. The zero-order valence-corrected chi connectivity index (χ0v) is 12.8. The van der Waals surface area contributed by atoms with Crippen LogP contribution in [0.5, 0.6) is 0 Å². The molecule has 0 saturated heterocycles. The zero-order valence-electron chi connectivity index (χ0n) is 12.1. The first kappa shape index (κ1) is 15.9. The molecule has 0 fully saturated rings. The van der Waals surface area contributed by atoms with Gasteiger partial charge in [-0.2, -0.15) is 5.10 Å². The van der Waals surface area contributed by atoms with Gasteiger partial charge in [-0.1, -0.05) is 31.5 Å². The molecule has 0 aliphatic rings. The molecular weight excluding hydrogens is 293 g/mol. The topological polar surface area (TPSA) is 68.8 Å². The molecule has 1 aromatic heterocycles. The molecule has 1 heterocycles. The van der Waals surface area contributed by atoms with Crippen LogP contribution in [0.2, 0.25) is 5.02 Å². The predicted molar refractivity (Wildman–Crippen MR) is 80.0 cm³/mol. The smallest absolute Gasteiger partial charge is 0.138 e. The SMILES string of the molecule is CC(C)Cn1ncnc1CC(NN)c1ccc(F)cc1Cl. The van der Waals surface area contributed by atoms with Crippen LogP contribution in [-0.4, -0.2) is 14.8 Å². The number of nitrogens with one attached hydrogen (secondary N) is 1. The summed E-state index contributed by atoms with van der Waals surface area (Å²) in [7, 11) is 0. The molecule has 2 aromatic rings. The van der Waals surface area contributed by atoms with Crippen molar-refractivity contribution in [2.45, 2.75) is 32.9 Å². The minimum Gasteiger partial charge on any atom is -0.271 e. The van der Waals surface area contributed by atoms with Gasteiger partial charge >= 0.3 is 0 Å². The summed E-state index contributed by atoms with van der Waals surface area (Å²) >= 11 is 6.09. The lowest BCUT2D eigenvalue weighted by atomic mass is 10.0. The Morgan fingerprint density at radius 2 is 2.19 bits per heavy atom. The summed E-state index contributed by atoms with van der Waals surface area (Å²) in [5, 5.41) is 4.56. The number of hydrogen-bond donors (Lipinski definition) is 2. The van der Waals surface area contributed by atoms with Crippen molar-refractivity contribution in [1.29, 1.82) is 0 Å². The van der Waals surface area contributed by atoms with E-state index in [1.54, 1.807) is 6.07 Å². The summed E-state index contributed by atoms with van der Waals surface area (Å²) in [4.78, 5) is 4.27. The van der Waals surface area contributed by atoms with Gasteiger partial charge in [0.15, 0.2) is 0 Å². The van der Waals surface area contributed by atoms with Crippen LogP contribution in [0.1, 0.15) is 31.3 Å². The molecule has 0 aliphatic heterocycles. The van der Waals surface area contributed by atoms with Crippen molar-refractivity contribution < 1.29 is 4.39 Å². The second-order valence-electron chi connectivity index (χ2n) is 5.34. The van der Waals surface area contributed by atoms with E-state index in [0.29, 0.717) is 17.4 Å². The van der Waals surface area contributed by atoms with Crippen molar-refractivity contribution in [3.63, 3.8) is 0 Å². The summed E-state index contributed by atoms with van der Waals surface area (Å²) in [5.74, 6) is 6.52. The van der Waals surface area contributed by atoms with Crippen molar-refractivity contribution in [1.82, 2.24) is 20.2 Å². The molecule has 2 rings (SSSR count). The Morgan fingerprint density at radius 1 is 1.43 bits per heavy atom. The van der Waals surface area contributed by atoms with Crippen LogP contribution in [0, 0.1) is 11.7 Å². The van der Waals surface area contributed by atoms with Gasteiger partial charge in [0.1, 0.15) is 18.0 Å². The van der Waals surface area contributed by atoms with Crippen molar-refractivity contribution in [2.24, 2.45) is 11.8 Å². The Balaban J connectivity index is 2.21. The summed E-state index contributed by atoms with van der Waals surface area (Å²) < 4.78 is 15.0. The predicted octanol–water partition coefficient (Wildman–Crippen LogP) is 2.47. The van der Waals surface area contributed by atoms with Gasteiger partial charge in [0.2, 0.25) is 0 Å². The van der Waals surface area contributed by atoms with Gasteiger partial charge in [-0.05, 0) is 23.6 Å². The third-order valence-corrected chi connectivity index (χ3v) is 3.49. The van der Waals surface area contributed by atoms with E-state index in [4.69, 9.17) is 17.4 Å². The molecule has 0 bridgehead atoms. The van der Waals surface area contributed by atoms with Gasteiger partial charge in [0, 0.05) is 18.0 Å². The molecule has 1 unspecified atom stereocenters. The van der Waals surface area contributed by atoms with Gasteiger partial charge in [-0.25, -0.2) is 14.1 Å². The van der Waals surface area contributed by atoms with Crippen molar-refractivity contribution in [3.8, 4) is 0 Å². The van der Waals surface area contributed by atoms with Crippen molar-refractivity contribution >= 4 is 11.6 Å². The van der Waals surface area contributed by atoms with Gasteiger partial charge < -0.3 is 0 Å². The summed E-state index contributed by atoms with van der Waals surface area (Å²) in [6.45, 7) is 5.01. The molecule has 3 N–H and O–H groups in total. The maximum atomic E-state index is 13.1. The molecule has 5 nitrogen and oxygen atoms in total. The van der Waals surface area contributed by atoms with Gasteiger partial charge in [-0.3, -0.25) is 11.3 Å². The lowest BCUT2D eigenvalue weighted by Crippen LogP contribution is -2.31. The standard InChI is InChI=1S/C14H19ClFN5/c1-9(2)7-21-14(18-8-19-21)6-13(20-17)11-4-3-10(16)5-12(11)15/h3-5,8-9,13,20H,6-7,17H2,1-2H3. The third kappa shape index (κ3) is 4.00. The number of hydrogen-bond acceptors (Lipinski definition) is 4. The summed E-state index contributed by atoms with van der Waals surface area (Å²) in [5.41, 5.74) is 3.45. The number of nitrogens with two attached hydrogens (primary N) is 1. The lowest BCUT2D eigenvalue weighted by Gasteiger charge is -2.18. The number of hydrazine groups is 1. The largest absolute Gasteiger partial charge is 0.271 e. The number of nitrogens with zero attached hydrogens (tertiary/aromatic N) is 3. The van der Waals surface area contributed by atoms with Crippen LogP contribution in [0.15, 0.2) is 24.5 Å². The van der Waals surface area contributed by atoms with E-state index in [0.717, 1.165) is 17.9 Å². The van der Waals surface area contributed by atoms with Crippen LogP contribution in [0.4, 0.5) is 4.39 Å². The van der Waals surface area contributed by atoms with Crippen molar-refractivity contribution in [2.75, 3.05) is 0 Å². The molecule has 0 spiro atoms. The van der Waals surface area contributed by atoms with Crippen LogP contribution in [0.25, 0.3) is 0 Å². The molecule has 0 radical (unpaired) electrons. The molecule has 1 aromatic carbocycles. The van der Waals surface area contributed by atoms with E-state index in [9.17, 15) is 4.39 Å². The zero-order chi connectivity index (χ0) is 15.4. The molecule has 114 valence electrons. The van der Waals surface area contributed by atoms with E-state index in [2.05, 4.69) is 29.4 Å². The molecule has 7 heteroatoms. The second-order valence-corrected chi connectivity index (χ2v) is 5.75. The number of rotatable bonds is 6. The summed E-state index contributed by atoms with van der Waals surface area (Å²) in [6.07, 6.45) is 2.05. The molecular formula is C14H19ClFN5. The van der Waals surface area contributed by atoms with E-state index in [1.807, 2.05) is 4.68 Å². The normalized spacial score (nSPS) is 12.9. The first-order valence-corrected chi connectivity index (χ1v) is 7.16. The van der Waals surface area contributed by atoms with E-state index in [1.165, 1.54) is 18.5 Å². The van der Waals surface area contributed by atoms with Gasteiger partial charge in [0.05, 0.1) is 6.04 Å².